The second-order valence-electron chi connectivity index (χ2n) is 4.61. The molecule has 1 saturated heterocycles. The average molecular weight is 254 g/mol. The van der Waals surface area contributed by atoms with Crippen molar-refractivity contribution in [3.8, 4) is 0 Å². The van der Waals surface area contributed by atoms with E-state index in [0.29, 0.717) is 5.92 Å². The van der Waals surface area contributed by atoms with Crippen molar-refractivity contribution in [3.05, 3.63) is 35.4 Å². The summed E-state index contributed by atoms with van der Waals surface area (Å²) >= 11 is 0. The minimum Gasteiger partial charge on any atom is -0.349 e. The Kier molecular flexibility index (Phi) is 3.91. The van der Waals surface area contributed by atoms with Crippen LogP contribution in [-0.4, -0.2) is 25.0 Å². The van der Waals surface area contributed by atoms with E-state index in [4.69, 9.17) is 0 Å². The zero-order valence-corrected chi connectivity index (χ0v) is 10.2. The summed E-state index contributed by atoms with van der Waals surface area (Å²) in [6, 6.07) is 3.30. The summed E-state index contributed by atoms with van der Waals surface area (Å²) in [5, 5.41) is 5.85. The molecule has 5 heteroatoms. The van der Waals surface area contributed by atoms with Crippen molar-refractivity contribution in [3.63, 3.8) is 0 Å². The van der Waals surface area contributed by atoms with Crippen molar-refractivity contribution in [2.24, 2.45) is 5.92 Å². The van der Waals surface area contributed by atoms with Gasteiger partial charge >= 0.3 is 0 Å². The van der Waals surface area contributed by atoms with Gasteiger partial charge in [-0.15, -0.1) is 0 Å². The van der Waals surface area contributed by atoms with Crippen LogP contribution >= 0.6 is 0 Å². The normalized spacial score (nSPS) is 20.7. The van der Waals surface area contributed by atoms with Crippen LogP contribution in [0.2, 0.25) is 0 Å². The van der Waals surface area contributed by atoms with Gasteiger partial charge in [0.25, 0.3) is 5.91 Å². The molecule has 2 rings (SSSR count). The molecule has 18 heavy (non-hydrogen) atoms. The molecule has 0 radical (unpaired) electrons. The SMILES string of the molecule is CC(NC(=O)c1c(F)cccc1F)C1CCNC1. The fraction of sp³-hybridized carbons (Fsp3) is 0.462. The number of hydrogen-bond donors (Lipinski definition) is 2. The van der Waals surface area contributed by atoms with Crippen LogP contribution in [0.15, 0.2) is 18.2 Å². The number of hydrogen-bond acceptors (Lipinski definition) is 2. The maximum absolute atomic E-state index is 13.4. The topological polar surface area (TPSA) is 41.1 Å². The first kappa shape index (κ1) is 13.0. The summed E-state index contributed by atoms with van der Waals surface area (Å²) < 4.78 is 26.8. The lowest BCUT2D eigenvalue weighted by atomic mass is 10.00. The van der Waals surface area contributed by atoms with Crippen molar-refractivity contribution >= 4 is 5.91 Å². The molecule has 1 aliphatic rings. The van der Waals surface area contributed by atoms with Crippen molar-refractivity contribution in [2.45, 2.75) is 19.4 Å². The standard InChI is InChI=1S/C13H16F2N2O/c1-8(9-5-6-16-7-9)17-13(18)12-10(14)3-2-4-11(12)15/h2-4,8-9,16H,5-7H2,1H3,(H,17,18). The zero-order valence-electron chi connectivity index (χ0n) is 10.2. The molecule has 2 atom stereocenters. The van der Waals surface area contributed by atoms with Gasteiger partial charge in [-0.2, -0.15) is 0 Å². The third-order valence-corrected chi connectivity index (χ3v) is 3.35. The molecule has 2 unspecified atom stereocenters. The van der Waals surface area contributed by atoms with E-state index in [9.17, 15) is 13.6 Å². The van der Waals surface area contributed by atoms with Crippen molar-refractivity contribution in [1.82, 2.24) is 10.6 Å². The van der Waals surface area contributed by atoms with Gasteiger partial charge in [-0.05, 0) is 44.5 Å². The molecule has 0 spiro atoms. The van der Waals surface area contributed by atoms with Crippen LogP contribution in [0.4, 0.5) is 8.78 Å². The largest absolute Gasteiger partial charge is 0.349 e. The summed E-state index contributed by atoms with van der Waals surface area (Å²) in [7, 11) is 0. The molecule has 1 aromatic rings. The lowest BCUT2D eigenvalue weighted by Crippen LogP contribution is -2.39. The van der Waals surface area contributed by atoms with Gasteiger partial charge in [-0.25, -0.2) is 8.78 Å². The van der Waals surface area contributed by atoms with Gasteiger partial charge in [0, 0.05) is 6.04 Å². The molecule has 2 N–H and O–H groups in total. The molecule has 1 aromatic carbocycles. The van der Waals surface area contributed by atoms with Crippen LogP contribution in [0.25, 0.3) is 0 Å². The molecule has 3 nitrogen and oxygen atoms in total. The molecule has 1 amide bonds. The number of halogens is 2. The molecule has 1 aliphatic heterocycles. The van der Waals surface area contributed by atoms with E-state index in [2.05, 4.69) is 10.6 Å². The Labute approximate surface area is 105 Å². The lowest BCUT2D eigenvalue weighted by molar-refractivity contribution is 0.0920. The van der Waals surface area contributed by atoms with E-state index in [0.717, 1.165) is 31.6 Å². The zero-order chi connectivity index (χ0) is 13.1. The van der Waals surface area contributed by atoms with Gasteiger partial charge < -0.3 is 10.6 Å². The van der Waals surface area contributed by atoms with E-state index in [1.54, 1.807) is 0 Å². The van der Waals surface area contributed by atoms with Gasteiger partial charge in [-0.3, -0.25) is 4.79 Å². The molecule has 0 aliphatic carbocycles. The summed E-state index contributed by atoms with van der Waals surface area (Å²) in [6.45, 7) is 3.59. The number of rotatable bonds is 3. The minimum absolute atomic E-state index is 0.105. The Morgan fingerprint density at radius 3 is 2.67 bits per heavy atom. The number of benzene rings is 1. The summed E-state index contributed by atoms with van der Waals surface area (Å²) in [4.78, 5) is 11.8. The highest BCUT2D eigenvalue weighted by atomic mass is 19.1. The third-order valence-electron chi connectivity index (χ3n) is 3.35. The van der Waals surface area contributed by atoms with Crippen molar-refractivity contribution < 1.29 is 13.6 Å². The molecule has 0 aromatic heterocycles. The average Bonchev–Trinajstić information content (AvgIpc) is 2.81. The second kappa shape index (κ2) is 5.44. The van der Waals surface area contributed by atoms with E-state index in [1.165, 1.54) is 6.07 Å². The van der Waals surface area contributed by atoms with Crippen molar-refractivity contribution in [1.29, 1.82) is 0 Å². The highest BCUT2D eigenvalue weighted by Gasteiger charge is 2.25. The first-order valence-corrected chi connectivity index (χ1v) is 6.05. The van der Waals surface area contributed by atoms with Crippen LogP contribution < -0.4 is 10.6 Å². The Morgan fingerprint density at radius 1 is 1.44 bits per heavy atom. The molecule has 1 heterocycles. The lowest BCUT2D eigenvalue weighted by Gasteiger charge is -2.20. The minimum atomic E-state index is -0.829. The third kappa shape index (κ3) is 2.67. The molecule has 0 bridgehead atoms. The number of amides is 1. The van der Waals surface area contributed by atoms with Crippen LogP contribution in [0, 0.1) is 17.6 Å². The Balaban J connectivity index is 2.07. The number of carbonyl (C=O) groups is 1. The molecular weight excluding hydrogens is 238 g/mol. The molecule has 98 valence electrons. The Bertz CT molecular complexity index is 424. The first-order valence-electron chi connectivity index (χ1n) is 6.05. The Morgan fingerprint density at radius 2 is 2.11 bits per heavy atom. The Hall–Kier alpha value is -1.49. The fourth-order valence-electron chi connectivity index (χ4n) is 2.22. The predicted molar refractivity (Wildman–Crippen MR) is 64.3 cm³/mol. The second-order valence-corrected chi connectivity index (χ2v) is 4.61. The maximum atomic E-state index is 13.4. The predicted octanol–water partition coefficient (Wildman–Crippen LogP) is 1.69. The van der Waals surface area contributed by atoms with Crippen molar-refractivity contribution in [2.75, 3.05) is 13.1 Å². The first-order chi connectivity index (χ1) is 8.59. The van der Waals surface area contributed by atoms with Crippen LogP contribution in [-0.2, 0) is 0 Å². The van der Waals surface area contributed by atoms with E-state index < -0.39 is 23.1 Å². The smallest absolute Gasteiger partial charge is 0.257 e. The van der Waals surface area contributed by atoms with E-state index in [-0.39, 0.29) is 6.04 Å². The van der Waals surface area contributed by atoms with Crippen LogP contribution in [0.1, 0.15) is 23.7 Å². The molecular formula is C13H16F2N2O. The summed E-state index contributed by atoms with van der Waals surface area (Å²) in [6.07, 6.45) is 0.960. The van der Waals surface area contributed by atoms with Gasteiger partial charge in [0.2, 0.25) is 0 Å². The molecule has 0 saturated carbocycles. The maximum Gasteiger partial charge on any atom is 0.257 e. The van der Waals surface area contributed by atoms with E-state index >= 15 is 0 Å². The number of carbonyl (C=O) groups excluding carboxylic acids is 1. The van der Waals surface area contributed by atoms with Gasteiger partial charge in [0.1, 0.15) is 17.2 Å². The fourth-order valence-corrected chi connectivity index (χ4v) is 2.22. The summed E-state index contributed by atoms with van der Waals surface area (Å²) in [5.74, 6) is -2.04. The van der Waals surface area contributed by atoms with Gasteiger partial charge in [0.05, 0.1) is 0 Å². The highest BCUT2D eigenvalue weighted by Crippen LogP contribution is 2.15. The summed E-state index contributed by atoms with van der Waals surface area (Å²) in [5.41, 5.74) is -0.504. The monoisotopic (exact) mass is 254 g/mol. The number of nitrogens with one attached hydrogen (secondary N) is 2. The van der Waals surface area contributed by atoms with Crippen LogP contribution in [0.5, 0.6) is 0 Å². The highest BCUT2D eigenvalue weighted by molar-refractivity contribution is 5.94. The quantitative estimate of drug-likeness (QED) is 0.862. The van der Waals surface area contributed by atoms with E-state index in [1.807, 2.05) is 6.92 Å². The van der Waals surface area contributed by atoms with Crippen LogP contribution in [0.3, 0.4) is 0 Å². The van der Waals surface area contributed by atoms with Gasteiger partial charge in [0.15, 0.2) is 0 Å². The molecule has 1 fully saturated rings. The van der Waals surface area contributed by atoms with Gasteiger partial charge in [-0.1, -0.05) is 6.07 Å².